The van der Waals surface area contributed by atoms with Crippen LogP contribution >= 0.6 is 0 Å². The van der Waals surface area contributed by atoms with E-state index in [1.54, 1.807) is 25.3 Å². The Kier molecular flexibility index (Phi) is 3.79. The second-order valence-corrected chi connectivity index (χ2v) is 6.86. The van der Waals surface area contributed by atoms with E-state index in [0.717, 1.165) is 11.4 Å². The Hall–Kier alpha value is -2.09. The van der Waals surface area contributed by atoms with E-state index >= 15 is 0 Å². The number of H-pyrrole nitrogens is 1. The number of hydrogen-bond acceptors (Lipinski definition) is 4. The fourth-order valence-electron chi connectivity index (χ4n) is 3.78. The van der Waals surface area contributed by atoms with Crippen molar-refractivity contribution in [2.24, 2.45) is 11.3 Å². The maximum atomic E-state index is 12.2. The molecule has 0 aromatic carbocycles. The molecule has 2 amide bonds. The second-order valence-electron chi connectivity index (χ2n) is 6.86. The fraction of sp³-hybridized carbons (Fsp3) is 0.667. The molecule has 1 aromatic rings. The number of carboxylic acid groups (broad SMARTS) is 1. The number of aryl methyl sites for hydroxylation is 1. The zero-order valence-electron chi connectivity index (χ0n) is 13.7. The molecule has 126 valence electrons. The number of nitrogens with one attached hydrogen (secondary N) is 1. The molecule has 2 aliphatic heterocycles. The summed E-state index contributed by atoms with van der Waals surface area (Å²) in [7, 11) is 3.38. The van der Waals surface area contributed by atoms with Crippen molar-refractivity contribution in [3.05, 3.63) is 17.7 Å². The van der Waals surface area contributed by atoms with Crippen LogP contribution in [-0.4, -0.2) is 82.0 Å². The van der Waals surface area contributed by atoms with E-state index in [9.17, 15) is 14.7 Å². The van der Waals surface area contributed by atoms with Crippen LogP contribution in [-0.2, 0) is 11.3 Å². The summed E-state index contributed by atoms with van der Waals surface area (Å²) in [6.45, 7) is 4.51. The third-order valence-corrected chi connectivity index (χ3v) is 5.07. The SMILES string of the molecule is Cc1[nH]cnc1CN1C[C@H]2CN(C(=O)N(C)C)C[C@@]2(C(=O)O)C1. The Bertz CT molecular complexity index is 628. The van der Waals surface area contributed by atoms with Crippen molar-refractivity contribution < 1.29 is 14.7 Å². The first-order valence-electron chi connectivity index (χ1n) is 7.74. The Morgan fingerprint density at radius 2 is 2.17 bits per heavy atom. The summed E-state index contributed by atoms with van der Waals surface area (Å²) < 4.78 is 0. The number of aliphatic carboxylic acids is 1. The predicted molar refractivity (Wildman–Crippen MR) is 82.8 cm³/mol. The van der Waals surface area contributed by atoms with Gasteiger partial charge in [0.25, 0.3) is 0 Å². The minimum absolute atomic E-state index is 0.0388. The van der Waals surface area contributed by atoms with Crippen molar-refractivity contribution in [2.45, 2.75) is 13.5 Å². The Morgan fingerprint density at radius 1 is 1.43 bits per heavy atom. The number of imidazole rings is 1. The van der Waals surface area contributed by atoms with Crippen LogP contribution in [0.4, 0.5) is 4.79 Å². The number of fused-ring (bicyclic) bond motifs is 1. The summed E-state index contributed by atoms with van der Waals surface area (Å²) in [4.78, 5) is 36.8. The van der Waals surface area contributed by atoms with Crippen molar-refractivity contribution >= 4 is 12.0 Å². The number of likely N-dealkylation sites (tertiary alicyclic amines) is 2. The predicted octanol–water partition coefficient (Wildman–Crippen LogP) is 0.218. The molecular formula is C15H23N5O3. The van der Waals surface area contributed by atoms with Gasteiger partial charge in [0.1, 0.15) is 5.41 Å². The molecule has 2 N–H and O–H groups in total. The van der Waals surface area contributed by atoms with Gasteiger partial charge < -0.3 is 19.9 Å². The first-order valence-corrected chi connectivity index (χ1v) is 7.74. The molecule has 1 aromatic heterocycles. The maximum Gasteiger partial charge on any atom is 0.319 e. The van der Waals surface area contributed by atoms with E-state index in [4.69, 9.17) is 0 Å². The van der Waals surface area contributed by atoms with Gasteiger partial charge in [-0.15, -0.1) is 0 Å². The number of amides is 2. The number of aromatic nitrogens is 2. The topological polar surface area (TPSA) is 92.8 Å². The molecule has 0 spiro atoms. The highest BCUT2D eigenvalue weighted by molar-refractivity contribution is 5.80. The van der Waals surface area contributed by atoms with Gasteiger partial charge in [-0.2, -0.15) is 0 Å². The van der Waals surface area contributed by atoms with E-state index in [-0.39, 0.29) is 18.5 Å². The minimum Gasteiger partial charge on any atom is -0.481 e. The molecule has 2 fully saturated rings. The van der Waals surface area contributed by atoms with Gasteiger partial charge in [0, 0.05) is 58.4 Å². The molecular weight excluding hydrogens is 298 g/mol. The standard InChI is InChI=1S/C15H23N5O3/c1-10-12(17-9-16-10)6-19-4-11-5-20(14(23)18(2)3)8-15(11,7-19)13(21)22/h9,11H,4-8H2,1-3H3,(H,16,17)(H,21,22)/t11-,15-/m0/s1. The lowest BCUT2D eigenvalue weighted by atomic mass is 9.81. The molecule has 2 saturated heterocycles. The van der Waals surface area contributed by atoms with Crippen molar-refractivity contribution in [1.82, 2.24) is 24.7 Å². The normalized spacial score (nSPS) is 27.3. The van der Waals surface area contributed by atoms with Gasteiger partial charge in [-0.05, 0) is 6.92 Å². The highest BCUT2D eigenvalue weighted by Gasteiger charge is 2.58. The third-order valence-electron chi connectivity index (χ3n) is 5.07. The highest BCUT2D eigenvalue weighted by Crippen LogP contribution is 2.43. The molecule has 8 heteroatoms. The summed E-state index contributed by atoms with van der Waals surface area (Å²) >= 11 is 0. The van der Waals surface area contributed by atoms with Gasteiger partial charge in [-0.3, -0.25) is 9.69 Å². The summed E-state index contributed by atoms with van der Waals surface area (Å²) in [5, 5.41) is 9.81. The average molecular weight is 321 g/mol. The molecule has 2 aliphatic rings. The van der Waals surface area contributed by atoms with Crippen LogP contribution in [0.2, 0.25) is 0 Å². The number of carbonyl (C=O) groups excluding carboxylic acids is 1. The lowest BCUT2D eigenvalue weighted by Crippen LogP contribution is -2.44. The van der Waals surface area contributed by atoms with Crippen molar-refractivity contribution in [3.8, 4) is 0 Å². The van der Waals surface area contributed by atoms with Crippen LogP contribution < -0.4 is 0 Å². The zero-order valence-corrected chi connectivity index (χ0v) is 13.7. The van der Waals surface area contributed by atoms with E-state index in [0.29, 0.717) is 26.2 Å². The summed E-state index contributed by atoms with van der Waals surface area (Å²) in [5.41, 5.74) is 1.10. The molecule has 3 heterocycles. The maximum absolute atomic E-state index is 12.2. The van der Waals surface area contributed by atoms with Crippen LogP contribution in [0.5, 0.6) is 0 Å². The van der Waals surface area contributed by atoms with Crippen molar-refractivity contribution in [3.63, 3.8) is 0 Å². The van der Waals surface area contributed by atoms with Crippen LogP contribution in [0.3, 0.4) is 0 Å². The summed E-state index contributed by atoms with van der Waals surface area (Å²) in [6.07, 6.45) is 1.66. The number of hydrogen-bond donors (Lipinski definition) is 2. The number of urea groups is 1. The van der Waals surface area contributed by atoms with Crippen LogP contribution in [0.25, 0.3) is 0 Å². The third kappa shape index (κ3) is 2.56. The number of rotatable bonds is 3. The monoisotopic (exact) mass is 321 g/mol. The molecule has 23 heavy (non-hydrogen) atoms. The Morgan fingerprint density at radius 3 is 2.70 bits per heavy atom. The van der Waals surface area contributed by atoms with Gasteiger partial charge in [0.2, 0.25) is 0 Å². The number of aromatic amines is 1. The van der Waals surface area contributed by atoms with Gasteiger partial charge in [-0.25, -0.2) is 9.78 Å². The van der Waals surface area contributed by atoms with E-state index in [1.807, 2.05) is 6.92 Å². The number of carboxylic acids is 1. The lowest BCUT2D eigenvalue weighted by molar-refractivity contribution is -0.148. The quantitative estimate of drug-likeness (QED) is 0.831. The molecule has 2 atom stereocenters. The summed E-state index contributed by atoms with van der Waals surface area (Å²) in [6, 6.07) is -0.116. The first-order chi connectivity index (χ1) is 10.8. The van der Waals surface area contributed by atoms with Gasteiger partial charge >= 0.3 is 12.0 Å². The van der Waals surface area contributed by atoms with Crippen LogP contribution in [0.15, 0.2) is 6.33 Å². The largest absolute Gasteiger partial charge is 0.481 e. The van der Waals surface area contributed by atoms with Gasteiger partial charge in [0.15, 0.2) is 0 Å². The fourth-order valence-corrected chi connectivity index (χ4v) is 3.78. The summed E-state index contributed by atoms with van der Waals surface area (Å²) in [5.74, 6) is -0.846. The minimum atomic E-state index is -0.865. The molecule has 0 unspecified atom stereocenters. The number of nitrogens with zero attached hydrogens (tertiary/aromatic N) is 4. The Balaban J connectivity index is 1.75. The molecule has 8 nitrogen and oxygen atoms in total. The van der Waals surface area contributed by atoms with E-state index in [2.05, 4.69) is 14.9 Å². The smallest absolute Gasteiger partial charge is 0.319 e. The van der Waals surface area contributed by atoms with Crippen LogP contribution in [0.1, 0.15) is 11.4 Å². The first kappa shape index (κ1) is 15.8. The van der Waals surface area contributed by atoms with Gasteiger partial charge in [0.05, 0.1) is 12.0 Å². The Labute approximate surface area is 135 Å². The molecule has 0 radical (unpaired) electrons. The molecule has 0 aliphatic carbocycles. The van der Waals surface area contributed by atoms with Crippen molar-refractivity contribution in [1.29, 1.82) is 0 Å². The van der Waals surface area contributed by atoms with Gasteiger partial charge in [-0.1, -0.05) is 0 Å². The zero-order chi connectivity index (χ0) is 16.8. The van der Waals surface area contributed by atoms with E-state index < -0.39 is 11.4 Å². The molecule has 0 bridgehead atoms. The average Bonchev–Trinajstić information content (AvgIpc) is 3.11. The highest BCUT2D eigenvalue weighted by atomic mass is 16.4. The van der Waals surface area contributed by atoms with E-state index in [1.165, 1.54) is 4.90 Å². The van der Waals surface area contributed by atoms with Crippen molar-refractivity contribution in [2.75, 3.05) is 40.3 Å². The second kappa shape index (κ2) is 5.52. The molecule has 3 rings (SSSR count). The number of carbonyl (C=O) groups is 2. The lowest BCUT2D eigenvalue weighted by Gasteiger charge is -2.26. The molecule has 0 saturated carbocycles. The van der Waals surface area contributed by atoms with Crippen LogP contribution in [0, 0.1) is 18.3 Å².